The van der Waals surface area contributed by atoms with Crippen LogP contribution in [0.3, 0.4) is 0 Å². The van der Waals surface area contributed by atoms with E-state index >= 15 is 0 Å². The third kappa shape index (κ3) is 5.30. The third-order valence-electron chi connectivity index (χ3n) is 2.99. The fourth-order valence-corrected chi connectivity index (χ4v) is 1.92. The van der Waals surface area contributed by atoms with Gasteiger partial charge in [-0.05, 0) is 31.2 Å². The molecule has 0 aromatic heterocycles. The molecule has 0 bridgehead atoms. The number of hydrogen-bond acceptors (Lipinski definition) is 3. The monoisotopic (exact) mass is 354 g/mol. The minimum absolute atomic E-state index is 0.113. The molecule has 2 rings (SSSR count). The summed E-state index contributed by atoms with van der Waals surface area (Å²) in [5.74, 6) is -4.27. The predicted molar refractivity (Wildman–Crippen MR) is 84.7 cm³/mol. The number of halogens is 4. The summed E-state index contributed by atoms with van der Waals surface area (Å²) in [6.07, 6.45) is -0.415. The molecule has 0 aliphatic heterocycles. The summed E-state index contributed by atoms with van der Waals surface area (Å²) in [6.45, 7) is 1.71. The van der Waals surface area contributed by atoms with Crippen LogP contribution in [-0.2, 0) is 9.53 Å². The minimum Gasteiger partial charge on any atom is -0.466 e. The molecule has 0 aliphatic carbocycles. The molecule has 0 fully saturated rings. The second-order valence-corrected chi connectivity index (χ2v) is 4.89. The van der Waals surface area contributed by atoms with E-state index in [2.05, 4.69) is 10.3 Å². The van der Waals surface area contributed by atoms with E-state index in [1.807, 2.05) is 0 Å². The van der Waals surface area contributed by atoms with Crippen LogP contribution in [0.1, 0.15) is 13.3 Å². The first-order valence-electron chi connectivity index (χ1n) is 7.29. The minimum atomic E-state index is -0.956. The van der Waals surface area contributed by atoms with Gasteiger partial charge in [-0.3, -0.25) is 4.79 Å². The van der Waals surface area contributed by atoms with Crippen molar-refractivity contribution in [3.05, 3.63) is 59.7 Å². The lowest BCUT2D eigenvalue weighted by atomic mass is 10.2. The number of ether oxygens (including phenoxy) is 1. The number of nitrogens with zero attached hydrogens (tertiary/aromatic N) is 1. The number of rotatable bonds is 5. The average Bonchev–Trinajstić information content (AvgIpc) is 2.53. The van der Waals surface area contributed by atoms with Gasteiger partial charge in [0.2, 0.25) is 0 Å². The summed E-state index contributed by atoms with van der Waals surface area (Å²) in [5.41, 5.74) is -0.414. The molecule has 2 aromatic carbocycles. The van der Waals surface area contributed by atoms with E-state index in [1.54, 1.807) is 6.92 Å². The Morgan fingerprint density at radius 3 is 2.28 bits per heavy atom. The predicted octanol–water partition coefficient (Wildman–Crippen LogP) is 4.34. The second-order valence-electron chi connectivity index (χ2n) is 4.89. The molecule has 1 N–H and O–H groups in total. The molecule has 8 heteroatoms. The number of amidine groups is 1. The zero-order valence-electron chi connectivity index (χ0n) is 13.2. The molecule has 0 radical (unpaired) electrons. The largest absolute Gasteiger partial charge is 0.466 e. The number of aliphatic imine (C=N–C) groups is 1. The molecule has 132 valence electrons. The summed E-state index contributed by atoms with van der Waals surface area (Å²) in [7, 11) is 0. The highest BCUT2D eigenvalue weighted by atomic mass is 19.1. The van der Waals surface area contributed by atoms with Crippen molar-refractivity contribution in [3.63, 3.8) is 0 Å². The zero-order valence-corrected chi connectivity index (χ0v) is 13.2. The van der Waals surface area contributed by atoms with Crippen LogP contribution in [-0.4, -0.2) is 18.4 Å². The van der Waals surface area contributed by atoms with E-state index < -0.39 is 35.7 Å². The highest BCUT2D eigenvalue weighted by molar-refractivity contribution is 6.06. The Bertz CT molecular complexity index is 809. The van der Waals surface area contributed by atoms with Crippen LogP contribution >= 0.6 is 0 Å². The van der Waals surface area contributed by atoms with E-state index in [9.17, 15) is 22.4 Å². The maximum Gasteiger partial charge on any atom is 0.313 e. The van der Waals surface area contributed by atoms with Gasteiger partial charge in [-0.15, -0.1) is 0 Å². The fraction of sp³-hybridized carbons (Fsp3) is 0.176. The lowest BCUT2D eigenvalue weighted by molar-refractivity contribution is -0.141. The highest BCUT2D eigenvalue weighted by Gasteiger charge is 2.13. The van der Waals surface area contributed by atoms with Crippen LogP contribution in [0.4, 0.5) is 28.9 Å². The van der Waals surface area contributed by atoms with Gasteiger partial charge in [-0.1, -0.05) is 0 Å². The van der Waals surface area contributed by atoms with Gasteiger partial charge in [0, 0.05) is 12.1 Å². The Balaban J connectivity index is 2.34. The lowest BCUT2D eigenvalue weighted by Crippen LogP contribution is -2.19. The van der Waals surface area contributed by atoms with Crippen molar-refractivity contribution < 1.29 is 27.1 Å². The van der Waals surface area contributed by atoms with Crippen molar-refractivity contribution >= 4 is 23.2 Å². The van der Waals surface area contributed by atoms with Gasteiger partial charge in [-0.25, -0.2) is 22.6 Å². The van der Waals surface area contributed by atoms with Gasteiger partial charge >= 0.3 is 5.97 Å². The maximum atomic E-state index is 13.8. The van der Waals surface area contributed by atoms with E-state index in [4.69, 9.17) is 4.74 Å². The van der Waals surface area contributed by atoms with E-state index in [0.29, 0.717) is 12.1 Å². The van der Waals surface area contributed by atoms with Gasteiger partial charge in [0.15, 0.2) is 5.82 Å². The smallest absolute Gasteiger partial charge is 0.313 e. The van der Waals surface area contributed by atoms with Crippen molar-refractivity contribution in [2.45, 2.75) is 13.3 Å². The second kappa shape index (κ2) is 8.27. The number of carbonyl (C=O) groups is 1. The van der Waals surface area contributed by atoms with Crippen molar-refractivity contribution in [3.8, 4) is 0 Å². The maximum absolute atomic E-state index is 13.8. The number of esters is 1. The van der Waals surface area contributed by atoms with Crippen molar-refractivity contribution in [2.75, 3.05) is 11.9 Å². The molecule has 25 heavy (non-hydrogen) atoms. The van der Waals surface area contributed by atoms with E-state index in [0.717, 1.165) is 24.3 Å². The third-order valence-corrected chi connectivity index (χ3v) is 2.99. The molecule has 0 saturated carbocycles. The van der Waals surface area contributed by atoms with E-state index in [-0.39, 0.29) is 23.8 Å². The quantitative estimate of drug-likeness (QED) is 0.376. The molecular weight excluding hydrogens is 340 g/mol. The van der Waals surface area contributed by atoms with Crippen LogP contribution in [0.25, 0.3) is 0 Å². The van der Waals surface area contributed by atoms with Crippen LogP contribution < -0.4 is 5.32 Å². The molecular formula is C17H14F4N2O2. The summed E-state index contributed by atoms with van der Waals surface area (Å²) < 4.78 is 58.2. The molecule has 0 amide bonds. The SMILES string of the molecule is CCOC(=O)CC(=Nc1ccc(F)cc1F)Nc1ccc(F)cc1F. The first kappa shape index (κ1) is 18.4. The highest BCUT2D eigenvalue weighted by Crippen LogP contribution is 2.21. The molecule has 0 atom stereocenters. The Hall–Kier alpha value is -2.90. The van der Waals surface area contributed by atoms with Crippen LogP contribution in [0.5, 0.6) is 0 Å². The number of nitrogens with one attached hydrogen (secondary N) is 1. The molecule has 0 unspecified atom stereocenters. The Kier molecular flexibility index (Phi) is 6.10. The van der Waals surface area contributed by atoms with Gasteiger partial charge in [0.1, 0.15) is 35.4 Å². The fourth-order valence-electron chi connectivity index (χ4n) is 1.92. The van der Waals surface area contributed by atoms with Crippen molar-refractivity contribution in [1.82, 2.24) is 0 Å². The number of benzene rings is 2. The molecule has 0 spiro atoms. The normalized spacial score (nSPS) is 11.3. The van der Waals surface area contributed by atoms with Crippen LogP contribution in [0.15, 0.2) is 41.4 Å². The first-order chi connectivity index (χ1) is 11.9. The van der Waals surface area contributed by atoms with Gasteiger partial charge in [0.05, 0.1) is 12.3 Å². The molecule has 0 heterocycles. The van der Waals surface area contributed by atoms with E-state index in [1.165, 1.54) is 0 Å². The number of anilines is 1. The van der Waals surface area contributed by atoms with Gasteiger partial charge < -0.3 is 10.1 Å². The zero-order chi connectivity index (χ0) is 18.4. The number of carbonyl (C=O) groups excluding carboxylic acids is 1. The van der Waals surface area contributed by atoms with Gasteiger partial charge in [0.25, 0.3) is 0 Å². The number of hydrogen-bond donors (Lipinski definition) is 1. The summed E-state index contributed by atoms with van der Waals surface area (Å²) in [5, 5.41) is 2.50. The molecule has 2 aromatic rings. The summed E-state index contributed by atoms with van der Waals surface area (Å²) in [6, 6.07) is 5.43. The Morgan fingerprint density at radius 2 is 1.68 bits per heavy atom. The summed E-state index contributed by atoms with van der Waals surface area (Å²) in [4.78, 5) is 15.5. The standard InChI is InChI=1S/C17H14F4N2O2/c1-2-25-17(24)9-16(22-14-5-3-10(18)7-12(14)20)23-15-6-4-11(19)8-13(15)21/h3-8H,2,9H2,1H3,(H,22,23). The van der Waals surface area contributed by atoms with Crippen LogP contribution in [0, 0.1) is 23.3 Å². The lowest BCUT2D eigenvalue weighted by Gasteiger charge is -2.11. The summed E-state index contributed by atoms with van der Waals surface area (Å²) >= 11 is 0. The van der Waals surface area contributed by atoms with Gasteiger partial charge in [-0.2, -0.15) is 0 Å². The molecule has 4 nitrogen and oxygen atoms in total. The topological polar surface area (TPSA) is 50.7 Å². The Morgan fingerprint density at radius 1 is 1.04 bits per heavy atom. The van der Waals surface area contributed by atoms with Crippen molar-refractivity contribution in [1.29, 1.82) is 0 Å². The first-order valence-corrected chi connectivity index (χ1v) is 7.29. The average molecular weight is 354 g/mol. The molecule has 0 saturated heterocycles. The Labute approximate surface area is 141 Å². The molecule has 0 aliphatic rings. The van der Waals surface area contributed by atoms with Crippen LogP contribution in [0.2, 0.25) is 0 Å². The van der Waals surface area contributed by atoms with Crippen molar-refractivity contribution in [2.24, 2.45) is 4.99 Å².